The van der Waals surface area contributed by atoms with Gasteiger partial charge in [0.25, 0.3) is 0 Å². The highest BCUT2D eigenvalue weighted by Gasteiger charge is 2.07. The van der Waals surface area contributed by atoms with Gasteiger partial charge in [-0.25, -0.2) is 9.18 Å². The molecule has 110 valence electrons. The molecule has 0 saturated heterocycles. The Hall–Kier alpha value is -2.11. The molecule has 1 unspecified atom stereocenters. The number of benzene rings is 2. The lowest BCUT2D eigenvalue weighted by Crippen LogP contribution is -2.19. The Morgan fingerprint density at radius 2 is 1.86 bits per heavy atom. The van der Waals surface area contributed by atoms with Crippen molar-refractivity contribution in [2.75, 3.05) is 10.6 Å². The number of hydrogen-bond donors (Lipinski definition) is 3. The SMILES string of the molecule is CC(N)c1ccc(NC(=O)Nc2cc(F)ccc2Cl)cc1. The Labute approximate surface area is 127 Å². The van der Waals surface area contributed by atoms with Crippen LogP contribution >= 0.6 is 11.6 Å². The molecule has 0 fully saturated rings. The van der Waals surface area contributed by atoms with Crippen LogP contribution in [0.1, 0.15) is 18.5 Å². The predicted octanol–water partition coefficient (Wildman–Crippen LogP) is 4.14. The molecule has 0 spiro atoms. The highest BCUT2D eigenvalue weighted by molar-refractivity contribution is 6.33. The zero-order valence-corrected chi connectivity index (χ0v) is 12.1. The van der Waals surface area contributed by atoms with E-state index < -0.39 is 11.8 Å². The fourth-order valence-electron chi connectivity index (χ4n) is 1.75. The summed E-state index contributed by atoms with van der Waals surface area (Å²) < 4.78 is 13.1. The Morgan fingerprint density at radius 3 is 2.48 bits per heavy atom. The van der Waals surface area contributed by atoms with Gasteiger partial charge in [-0.3, -0.25) is 0 Å². The molecular weight excluding hydrogens is 293 g/mol. The van der Waals surface area contributed by atoms with Crippen molar-refractivity contribution >= 4 is 29.0 Å². The first kappa shape index (κ1) is 15.3. The van der Waals surface area contributed by atoms with Crippen LogP contribution in [-0.2, 0) is 0 Å². The number of anilines is 2. The number of amides is 2. The molecule has 2 rings (SSSR count). The molecule has 0 saturated carbocycles. The molecule has 0 aliphatic carbocycles. The second-order valence-corrected chi connectivity index (χ2v) is 5.02. The van der Waals surface area contributed by atoms with E-state index in [0.29, 0.717) is 5.69 Å². The fourth-order valence-corrected chi connectivity index (χ4v) is 1.91. The minimum absolute atomic E-state index is 0.0704. The Bertz CT molecular complexity index is 644. The second kappa shape index (κ2) is 6.56. The summed E-state index contributed by atoms with van der Waals surface area (Å²) in [6, 6.07) is 10.3. The zero-order valence-electron chi connectivity index (χ0n) is 11.4. The largest absolute Gasteiger partial charge is 0.324 e. The van der Waals surface area contributed by atoms with Crippen LogP contribution in [-0.4, -0.2) is 6.03 Å². The van der Waals surface area contributed by atoms with Crippen LogP contribution in [0.3, 0.4) is 0 Å². The molecule has 0 bridgehead atoms. The van der Waals surface area contributed by atoms with Gasteiger partial charge in [0.1, 0.15) is 5.82 Å². The number of nitrogens with one attached hydrogen (secondary N) is 2. The van der Waals surface area contributed by atoms with Crippen molar-refractivity contribution in [1.82, 2.24) is 0 Å². The maximum absolute atomic E-state index is 13.1. The second-order valence-electron chi connectivity index (χ2n) is 4.61. The first-order valence-electron chi connectivity index (χ1n) is 6.34. The van der Waals surface area contributed by atoms with E-state index in [2.05, 4.69) is 10.6 Å². The number of urea groups is 1. The van der Waals surface area contributed by atoms with Crippen LogP contribution in [0.2, 0.25) is 5.02 Å². The molecule has 21 heavy (non-hydrogen) atoms. The summed E-state index contributed by atoms with van der Waals surface area (Å²) in [6.45, 7) is 1.88. The third-order valence-corrected chi connectivity index (χ3v) is 3.20. The average molecular weight is 308 g/mol. The van der Waals surface area contributed by atoms with E-state index in [1.165, 1.54) is 12.1 Å². The van der Waals surface area contributed by atoms with Crippen molar-refractivity contribution in [3.05, 3.63) is 58.9 Å². The first-order valence-corrected chi connectivity index (χ1v) is 6.72. The van der Waals surface area contributed by atoms with Crippen molar-refractivity contribution in [3.63, 3.8) is 0 Å². The molecule has 2 aromatic carbocycles. The van der Waals surface area contributed by atoms with Gasteiger partial charge < -0.3 is 16.4 Å². The number of nitrogens with two attached hydrogens (primary N) is 1. The van der Waals surface area contributed by atoms with Gasteiger partial charge in [-0.1, -0.05) is 23.7 Å². The van der Waals surface area contributed by atoms with E-state index in [9.17, 15) is 9.18 Å². The van der Waals surface area contributed by atoms with Crippen LogP contribution in [0.5, 0.6) is 0 Å². The molecule has 1 atom stereocenters. The minimum Gasteiger partial charge on any atom is -0.324 e. The number of hydrogen-bond acceptors (Lipinski definition) is 2. The van der Waals surface area contributed by atoms with Gasteiger partial charge in [0, 0.05) is 11.7 Å². The number of halogens is 2. The van der Waals surface area contributed by atoms with Gasteiger partial charge >= 0.3 is 6.03 Å². The van der Waals surface area contributed by atoms with E-state index >= 15 is 0 Å². The number of carbonyl (C=O) groups excluding carboxylic acids is 1. The molecule has 0 radical (unpaired) electrons. The van der Waals surface area contributed by atoms with Gasteiger partial charge in [-0.15, -0.1) is 0 Å². The van der Waals surface area contributed by atoms with Crippen LogP contribution < -0.4 is 16.4 Å². The topological polar surface area (TPSA) is 67.1 Å². The van der Waals surface area contributed by atoms with Crippen molar-refractivity contribution in [1.29, 1.82) is 0 Å². The summed E-state index contributed by atoms with van der Waals surface area (Å²) >= 11 is 5.88. The van der Waals surface area contributed by atoms with E-state index in [0.717, 1.165) is 11.6 Å². The van der Waals surface area contributed by atoms with Crippen molar-refractivity contribution < 1.29 is 9.18 Å². The normalized spacial score (nSPS) is 11.8. The van der Waals surface area contributed by atoms with Crippen molar-refractivity contribution in [3.8, 4) is 0 Å². The lowest BCUT2D eigenvalue weighted by atomic mass is 10.1. The summed E-state index contributed by atoms with van der Waals surface area (Å²) in [5, 5.41) is 5.38. The number of carbonyl (C=O) groups is 1. The van der Waals surface area contributed by atoms with Crippen molar-refractivity contribution in [2.24, 2.45) is 5.73 Å². The molecule has 0 aliphatic heterocycles. The monoisotopic (exact) mass is 307 g/mol. The summed E-state index contributed by atoms with van der Waals surface area (Å²) in [7, 11) is 0. The van der Waals surface area contributed by atoms with Gasteiger partial charge in [0.05, 0.1) is 10.7 Å². The van der Waals surface area contributed by atoms with Gasteiger partial charge in [0.15, 0.2) is 0 Å². The third-order valence-electron chi connectivity index (χ3n) is 2.87. The van der Waals surface area contributed by atoms with E-state index in [1.54, 1.807) is 12.1 Å². The number of rotatable bonds is 3. The molecule has 2 aromatic rings. The predicted molar refractivity (Wildman–Crippen MR) is 83.1 cm³/mol. The third kappa shape index (κ3) is 4.18. The molecular formula is C15H15ClFN3O. The molecule has 4 N–H and O–H groups in total. The quantitative estimate of drug-likeness (QED) is 0.797. The molecule has 0 aliphatic rings. The molecule has 6 heteroatoms. The zero-order chi connectivity index (χ0) is 15.4. The van der Waals surface area contributed by atoms with E-state index in [-0.39, 0.29) is 16.8 Å². The Balaban J connectivity index is 2.03. The molecule has 4 nitrogen and oxygen atoms in total. The van der Waals surface area contributed by atoms with Crippen LogP contribution in [0.4, 0.5) is 20.6 Å². The van der Waals surface area contributed by atoms with Gasteiger partial charge in [0.2, 0.25) is 0 Å². The van der Waals surface area contributed by atoms with Gasteiger partial charge in [-0.2, -0.15) is 0 Å². The van der Waals surface area contributed by atoms with Crippen LogP contribution in [0.15, 0.2) is 42.5 Å². The van der Waals surface area contributed by atoms with E-state index in [4.69, 9.17) is 17.3 Å². The van der Waals surface area contributed by atoms with Crippen LogP contribution in [0, 0.1) is 5.82 Å². The molecule has 0 aromatic heterocycles. The fraction of sp³-hybridized carbons (Fsp3) is 0.133. The smallest absolute Gasteiger partial charge is 0.323 e. The molecule has 0 heterocycles. The van der Waals surface area contributed by atoms with Crippen LogP contribution in [0.25, 0.3) is 0 Å². The summed E-state index contributed by atoms with van der Waals surface area (Å²) in [6.07, 6.45) is 0. The summed E-state index contributed by atoms with van der Waals surface area (Å²) in [4.78, 5) is 11.8. The highest BCUT2D eigenvalue weighted by atomic mass is 35.5. The lowest BCUT2D eigenvalue weighted by Gasteiger charge is -2.10. The van der Waals surface area contributed by atoms with Crippen molar-refractivity contribution in [2.45, 2.75) is 13.0 Å². The Morgan fingerprint density at radius 1 is 1.19 bits per heavy atom. The maximum atomic E-state index is 13.1. The highest BCUT2D eigenvalue weighted by Crippen LogP contribution is 2.22. The first-order chi connectivity index (χ1) is 9.95. The molecule has 2 amide bonds. The van der Waals surface area contributed by atoms with Gasteiger partial charge in [-0.05, 0) is 42.8 Å². The lowest BCUT2D eigenvalue weighted by molar-refractivity contribution is 0.262. The minimum atomic E-state index is -0.504. The Kier molecular flexibility index (Phi) is 4.77. The average Bonchev–Trinajstić information content (AvgIpc) is 2.43. The maximum Gasteiger partial charge on any atom is 0.323 e. The standard InChI is InChI=1S/C15H15ClFN3O/c1-9(18)10-2-5-12(6-3-10)19-15(21)20-14-8-11(17)4-7-13(14)16/h2-9H,18H2,1H3,(H2,19,20,21). The van der Waals surface area contributed by atoms with E-state index in [1.807, 2.05) is 19.1 Å². The summed E-state index contributed by atoms with van der Waals surface area (Å²) in [5.41, 5.74) is 7.53. The summed E-state index contributed by atoms with van der Waals surface area (Å²) in [5.74, 6) is -0.476.